The first kappa shape index (κ1) is 70.8. The SMILES string of the molecule is CC/C=C\C/C=C\C/C=C\C/C=C\CCCCCCC(=O)OC(COC(=O)CCCCCCCC)COC(=O)CCCCCCCCCCCCCCCCCCCCCCC/C=C\C/C=C\CCCCCCC. The van der Waals surface area contributed by atoms with Crippen LogP contribution in [0, 0.1) is 0 Å². The predicted molar refractivity (Wildman–Crippen MR) is 321 cm³/mol. The molecule has 6 nitrogen and oxygen atoms in total. The Morgan fingerprint density at radius 2 is 0.527 bits per heavy atom. The molecule has 74 heavy (non-hydrogen) atoms. The van der Waals surface area contributed by atoms with Crippen molar-refractivity contribution < 1.29 is 28.6 Å². The Bertz CT molecular complexity index is 1370. The third-order valence-electron chi connectivity index (χ3n) is 13.9. The van der Waals surface area contributed by atoms with Gasteiger partial charge in [0.05, 0.1) is 0 Å². The van der Waals surface area contributed by atoms with Gasteiger partial charge >= 0.3 is 17.9 Å². The molecule has 0 radical (unpaired) electrons. The molecule has 0 aromatic rings. The maximum absolute atomic E-state index is 12.8. The van der Waals surface area contributed by atoms with Gasteiger partial charge in [0.15, 0.2) is 6.10 Å². The van der Waals surface area contributed by atoms with Crippen molar-refractivity contribution in [3.63, 3.8) is 0 Å². The van der Waals surface area contributed by atoms with Gasteiger partial charge < -0.3 is 14.2 Å². The molecule has 428 valence electrons. The zero-order valence-corrected chi connectivity index (χ0v) is 49.1. The molecule has 0 fully saturated rings. The highest BCUT2D eigenvalue weighted by Crippen LogP contribution is 2.17. The summed E-state index contributed by atoms with van der Waals surface area (Å²) in [6.45, 7) is 6.46. The van der Waals surface area contributed by atoms with Crippen LogP contribution < -0.4 is 0 Å². The lowest BCUT2D eigenvalue weighted by Gasteiger charge is -2.18. The van der Waals surface area contributed by atoms with Crippen molar-refractivity contribution in [1.29, 1.82) is 0 Å². The minimum atomic E-state index is -0.784. The first-order chi connectivity index (χ1) is 36.5. The highest BCUT2D eigenvalue weighted by molar-refractivity contribution is 5.71. The number of esters is 3. The minimum Gasteiger partial charge on any atom is -0.462 e. The number of rotatable bonds is 58. The standard InChI is InChI=1S/C68H120O6/c1-4-7-10-13-16-18-20-22-24-26-27-28-29-30-31-32-33-34-35-36-37-38-39-40-41-43-44-46-48-50-52-55-58-61-67(70)73-64-65(63-72-66(69)60-57-54-15-12-9-6-3)74-68(71)62-59-56-53-51-49-47-45-42-25-23-21-19-17-14-11-8-5-2/h8,11,17,19-20,22-23,25-27,45,47,65H,4-7,9-10,12-16,18,21,24,28-44,46,48-64H2,1-3H3/b11-8-,19-17-,22-20-,25-23-,27-26-,47-45-. The van der Waals surface area contributed by atoms with Crippen molar-refractivity contribution in [1.82, 2.24) is 0 Å². The number of hydrogen-bond donors (Lipinski definition) is 0. The topological polar surface area (TPSA) is 78.9 Å². The van der Waals surface area contributed by atoms with Gasteiger partial charge in [-0.05, 0) is 89.9 Å². The Kier molecular flexibility index (Phi) is 59.7. The highest BCUT2D eigenvalue weighted by atomic mass is 16.6. The molecule has 0 saturated carbocycles. The summed E-state index contributed by atoms with van der Waals surface area (Å²) in [7, 11) is 0. The number of carbonyl (C=O) groups excluding carboxylic acids is 3. The van der Waals surface area contributed by atoms with Crippen molar-refractivity contribution in [2.24, 2.45) is 0 Å². The summed E-state index contributed by atoms with van der Waals surface area (Å²) in [5, 5.41) is 0. The summed E-state index contributed by atoms with van der Waals surface area (Å²) in [6, 6.07) is 0. The molecule has 0 saturated heterocycles. The molecule has 6 heteroatoms. The molecule has 0 rings (SSSR count). The van der Waals surface area contributed by atoms with Crippen LogP contribution in [-0.4, -0.2) is 37.2 Å². The predicted octanol–water partition coefficient (Wildman–Crippen LogP) is 21.7. The fraction of sp³-hybridized carbons (Fsp3) is 0.779. The summed E-state index contributed by atoms with van der Waals surface area (Å²) in [4.78, 5) is 37.9. The van der Waals surface area contributed by atoms with E-state index in [1.165, 1.54) is 180 Å². The Morgan fingerprint density at radius 3 is 0.824 bits per heavy atom. The summed E-state index contributed by atoms with van der Waals surface area (Å²) in [5.74, 6) is -0.905. The van der Waals surface area contributed by atoms with E-state index in [4.69, 9.17) is 14.2 Å². The van der Waals surface area contributed by atoms with E-state index in [0.717, 1.165) is 103 Å². The lowest BCUT2D eigenvalue weighted by molar-refractivity contribution is -0.167. The number of carbonyl (C=O) groups is 3. The Hall–Kier alpha value is -3.15. The summed E-state index contributed by atoms with van der Waals surface area (Å²) in [5.41, 5.74) is 0. The van der Waals surface area contributed by atoms with Crippen molar-refractivity contribution in [3.05, 3.63) is 72.9 Å². The van der Waals surface area contributed by atoms with Gasteiger partial charge in [0.2, 0.25) is 0 Å². The van der Waals surface area contributed by atoms with E-state index in [1.54, 1.807) is 0 Å². The van der Waals surface area contributed by atoms with Crippen molar-refractivity contribution in [2.45, 2.75) is 329 Å². The van der Waals surface area contributed by atoms with Crippen molar-refractivity contribution in [3.8, 4) is 0 Å². The zero-order chi connectivity index (χ0) is 53.6. The molecular weight excluding hydrogens is 913 g/mol. The van der Waals surface area contributed by atoms with E-state index in [0.29, 0.717) is 19.3 Å². The van der Waals surface area contributed by atoms with Crippen LogP contribution in [0.1, 0.15) is 323 Å². The van der Waals surface area contributed by atoms with Crippen molar-refractivity contribution in [2.75, 3.05) is 13.2 Å². The van der Waals surface area contributed by atoms with E-state index < -0.39 is 6.10 Å². The van der Waals surface area contributed by atoms with Gasteiger partial charge in [-0.3, -0.25) is 14.4 Å². The van der Waals surface area contributed by atoms with Crippen LogP contribution in [0.3, 0.4) is 0 Å². The van der Waals surface area contributed by atoms with Gasteiger partial charge in [0.25, 0.3) is 0 Å². The normalized spacial score (nSPS) is 12.5. The smallest absolute Gasteiger partial charge is 0.306 e. The molecule has 0 aliphatic carbocycles. The maximum Gasteiger partial charge on any atom is 0.306 e. The molecule has 0 heterocycles. The number of unbranched alkanes of at least 4 members (excludes halogenated alkanes) is 35. The number of hydrogen-bond acceptors (Lipinski definition) is 6. The molecule has 0 spiro atoms. The van der Waals surface area contributed by atoms with Crippen LogP contribution >= 0.6 is 0 Å². The average Bonchev–Trinajstić information content (AvgIpc) is 3.40. The molecule has 0 aromatic carbocycles. The molecule has 0 amide bonds. The van der Waals surface area contributed by atoms with Gasteiger partial charge in [-0.2, -0.15) is 0 Å². The summed E-state index contributed by atoms with van der Waals surface area (Å²) in [6.07, 6.45) is 81.1. The van der Waals surface area contributed by atoms with E-state index in [2.05, 4.69) is 93.7 Å². The number of allylic oxidation sites excluding steroid dienone is 12. The monoisotopic (exact) mass is 1030 g/mol. The maximum atomic E-state index is 12.8. The van der Waals surface area contributed by atoms with Gasteiger partial charge in [0, 0.05) is 19.3 Å². The highest BCUT2D eigenvalue weighted by Gasteiger charge is 2.19. The minimum absolute atomic E-state index is 0.0824. The molecule has 0 aliphatic heterocycles. The second-order valence-electron chi connectivity index (χ2n) is 21.3. The van der Waals surface area contributed by atoms with Gasteiger partial charge in [0.1, 0.15) is 13.2 Å². The van der Waals surface area contributed by atoms with Gasteiger partial charge in [-0.1, -0.05) is 286 Å². The second kappa shape index (κ2) is 62.4. The Labute approximate surface area is 459 Å². The Balaban J connectivity index is 3.98. The van der Waals surface area contributed by atoms with E-state index in [1.807, 2.05) is 0 Å². The zero-order valence-electron chi connectivity index (χ0n) is 49.1. The summed E-state index contributed by atoms with van der Waals surface area (Å²) < 4.78 is 16.8. The average molecular weight is 1030 g/mol. The van der Waals surface area contributed by atoms with Gasteiger partial charge in [-0.15, -0.1) is 0 Å². The second-order valence-corrected chi connectivity index (χ2v) is 21.3. The van der Waals surface area contributed by atoms with Crippen LogP contribution in [0.2, 0.25) is 0 Å². The van der Waals surface area contributed by atoms with Crippen molar-refractivity contribution >= 4 is 17.9 Å². The van der Waals surface area contributed by atoms with Gasteiger partial charge in [-0.25, -0.2) is 0 Å². The third-order valence-corrected chi connectivity index (χ3v) is 13.9. The van der Waals surface area contributed by atoms with Crippen LogP contribution in [0.15, 0.2) is 72.9 Å². The van der Waals surface area contributed by atoms with Crippen LogP contribution in [0.4, 0.5) is 0 Å². The largest absolute Gasteiger partial charge is 0.462 e. The molecule has 1 atom stereocenters. The molecule has 1 unspecified atom stereocenters. The molecule has 0 N–H and O–H groups in total. The Morgan fingerprint density at radius 1 is 0.284 bits per heavy atom. The van der Waals surface area contributed by atoms with Crippen LogP contribution in [0.5, 0.6) is 0 Å². The van der Waals surface area contributed by atoms with E-state index >= 15 is 0 Å². The molecule has 0 aromatic heterocycles. The fourth-order valence-electron chi connectivity index (χ4n) is 9.17. The van der Waals surface area contributed by atoms with E-state index in [-0.39, 0.29) is 31.1 Å². The quantitative estimate of drug-likeness (QED) is 0.0261. The molecule has 0 aliphatic rings. The number of ether oxygens (including phenoxy) is 3. The lowest BCUT2D eigenvalue weighted by atomic mass is 10.0. The first-order valence-corrected chi connectivity index (χ1v) is 31.9. The first-order valence-electron chi connectivity index (χ1n) is 31.9. The molecule has 0 bridgehead atoms. The van der Waals surface area contributed by atoms with Crippen LogP contribution in [-0.2, 0) is 28.6 Å². The lowest BCUT2D eigenvalue weighted by Crippen LogP contribution is -2.30. The third kappa shape index (κ3) is 59.7. The summed E-state index contributed by atoms with van der Waals surface area (Å²) >= 11 is 0. The molecular formula is C68H120O6. The van der Waals surface area contributed by atoms with Crippen LogP contribution in [0.25, 0.3) is 0 Å². The van der Waals surface area contributed by atoms with E-state index in [9.17, 15) is 14.4 Å². The fourth-order valence-corrected chi connectivity index (χ4v) is 9.17.